The molecule has 0 fully saturated rings. The molecule has 1 aliphatic rings. The number of hydrogen-bond acceptors (Lipinski definition) is 1. The van der Waals surface area contributed by atoms with E-state index in [0.29, 0.717) is 0 Å². The first-order valence-corrected chi connectivity index (χ1v) is 4.70. The molecule has 0 saturated carbocycles. The minimum Gasteiger partial charge on any atom is -0.350 e. The molecule has 0 aromatic rings. The number of amides is 1. The number of halogens is 1. The van der Waals surface area contributed by atoms with Gasteiger partial charge in [0.05, 0.1) is 0 Å². The van der Waals surface area contributed by atoms with E-state index in [0.717, 1.165) is 12.8 Å². The summed E-state index contributed by atoms with van der Waals surface area (Å²) in [5.41, 5.74) is 0. The van der Waals surface area contributed by atoms with Gasteiger partial charge in [-0.3, -0.25) is 4.79 Å². The smallest absolute Gasteiger partial charge is 0.255 e. The van der Waals surface area contributed by atoms with Crippen molar-refractivity contribution in [1.82, 2.24) is 5.32 Å². The highest BCUT2D eigenvalue weighted by Gasteiger charge is 2.23. The van der Waals surface area contributed by atoms with Gasteiger partial charge in [-0.05, 0) is 18.8 Å². The zero-order chi connectivity index (χ0) is 9.84. The topological polar surface area (TPSA) is 29.1 Å². The summed E-state index contributed by atoms with van der Waals surface area (Å²) in [6.07, 6.45) is 4.30. The van der Waals surface area contributed by atoms with Gasteiger partial charge in [-0.15, -0.1) is 0 Å². The lowest BCUT2D eigenvalue weighted by Gasteiger charge is -2.16. The molecule has 0 spiro atoms. The molecule has 1 rings (SSSR count). The Morgan fingerprint density at radius 1 is 1.46 bits per heavy atom. The third kappa shape index (κ3) is 2.83. The molecule has 0 aromatic heterocycles. The van der Waals surface area contributed by atoms with Crippen molar-refractivity contribution in [3.63, 3.8) is 0 Å². The summed E-state index contributed by atoms with van der Waals surface area (Å²) >= 11 is 0. The monoisotopic (exact) mass is 185 g/mol. The number of carbonyl (C=O) groups is 1. The summed E-state index contributed by atoms with van der Waals surface area (Å²) in [6.45, 7) is 3.41. The predicted molar refractivity (Wildman–Crippen MR) is 50.0 cm³/mol. The third-order valence-electron chi connectivity index (χ3n) is 2.19. The highest BCUT2D eigenvalue weighted by molar-refractivity contribution is 5.81. The van der Waals surface area contributed by atoms with E-state index in [1.54, 1.807) is 13.8 Å². The lowest BCUT2D eigenvalue weighted by atomic mass is 10.1. The average molecular weight is 185 g/mol. The minimum absolute atomic E-state index is 0.115. The summed E-state index contributed by atoms with van der Waals surface area (Å²) in [4.78, 5) is 11.2. The Kier molecular flexibility index (Phi) is 3.46. The van der Waals surface area contributed by atoms with Crippen molar-refractivity contribution >= 4 is 5.91 Å². The van der Waals surface area contributed by atoms with Gasteiger partial charge >= 0.3 is 0 Å². The number of nitrogens with one attached hydrogen (secondary N) is 1. The van der Waals surface area contributed by atoms with E-state index in [2.05, 4.69) is 5.32 Å². The summed E-state index contributed by atoms with van der Waals surface area (Å²) in [7, 11) is 0. The Morgan fingerprint density at radius 3 is 2.46 bits per heavy atom. The predicted octanol–water partition coefficient (Wildman–Crippen LogP) is 1.82. The van der Waals surface area contributed by atoms with Gasteiger partial charge in [-0.25, -0.2) is 4.39 Å². The third-order valence-corrected chi connectivity index (χ3v) is 2.19. The van der Waals surface area contributed by atoms with Crippen molar-refractivity contribution in [3.8, 4) is 0 Å². The van der Waals surface area contributed by atoms with E-state index < -0.39 is 12.1 Å². The van der Waals surface area contributed by atoms with E-state index in [1.165, 1.54) is 0 Å². The Morgan fingerprint density at radius 2 is 2.00 bits per heavy atom. The van der Waals surface area contributed by atoms with Gasteiger partial charge in [0.1, 0.15) is 0 Å². The van der Waals surface area contributed by atoms with Crippen molar-refractivity contribution in [1.29, 1.82) is 0 Å². The molecule has 0 bridgehead atoms. The van der Waals surface area contributed by atoms with E-state index in [-0.39, 0.29) is 12.0 Å². The molecule has 2 nitrogen and oxygen atoms in total. The van der Waals surface area contributed by atoms with Crippen molar-refractivity contribution in [2.75, 3.05) is 0 Å². The van der Waals surface area contributed by atoms with Crippen LogP contribution in [-0.4, -0.2) is 18.1 Å². The van der Waals surface area contributed by atoms with Gasteiger partial charge in [-0.2, -0.15) is 0 Å². The molecular formula is C10H16FNO. The van der Waals surface area contributed by atoms with Crippen LogP contribution in [0, 0.1) is 5.92 Å². The normalized spacial score (nSPS) is 19.4. The van der Waals surface area contributed by atoms with Crippen LogP contribution in [0.15, 0.2) is 12.2 Å². The maximum atomic E-state index is 13.1. The standard InChI is InChI=1S/C10H16FNO/c1-7(2)9(11)10(13)12-8-5-3-4-6-8/h3-4,7-9H,5-6H2,1-2H3,(H,12,13). The molecule has 0 heterocycles. The Bertz CT molecular complexity index is 205. The number of alkyl halides is 1. The first kappa shape index (κ1) is 10.2. The van der Waals surface area contributed by atoms with Gasteiger partial charge in [0, 0.05) is 6.04 Å². The van der Waals surface area contributed by atoms with Crippen LogP contribution < -0.4 is 5.32 Å². The zero-order valence-electron chi connectivity index (χ0n) is 8.09. The first-order chi connectivity index (χ1) is 6.11. The lowest BCUT2D eigenvalue weighted by molar-refractivity contribution is -0.128. The van der Waals surface area contributed by atoms with Crippen molar-refractivity contribution in [2.45, 2.75) is 38.9 Å². The summed E-state index contributed by atoms with van der Waals surface area (Å²) in [5, 5.41) is 2.68. The first-order valence-electron chi connectivity index (χ1n) is 4.70. The molecule has 3 heteroatoms. The Hall–Kier alpha value is -0.860. The number of rotatable bonds is 3. The van der Waals surface area contributed by atoms with Crippen LogP contribution in [0.5, 0.6) is 0 Å². The number of hydrogen-bond donors (Lipinski definition) is 1. The van der Waals surface area contributed by atoms with E-state index in [1.807, 2.05) is 12.2 Å². The Labute approximate surface area is 78.2 Å². The number of carbonyl (C=O) groups excluding carboxylic acids is 1. The van der Waals surface area contributed by atoms with Gasteiger partial charge in [0.25, 0.3) is 5.91 Å². The highest BCUT2D eigenvalue weighted by Crippen LogP contribution is 2.11. The fourth-order valence-corrected chi connectivity index (χ4v) is 1.32. The molecule has 1 amide bonds. The highest BCUT2D eigenvalue weighted by atomic mass is 19.1. The molecule has 1 N–H and O–H groups in total. The van der Waals surface area contributed by atoms with Crippen LogP contribution in [0.4, 0.5) is 4.39 Å². The van der Waals surface area contributed by atoms with Crippen LogP contribution in [0.1, 0.15) is 26.7 Å². The summed E-state index contributed by atoms with van der Waals surface area (Å²) in [6, 6.07) is 0.115. The fraction of sp³-hybridized carbons (Fsp3) is 0.700. The Balaban J connectivity index is 2.32. The summed E-state index contributed by atoms with van der Waals surface area (Å²) < 4.78 is 13.1. The van der Waals surface area contributed by atoms with Crippen molar-refractivity contribution < 1.29 is 9.18 Å². The molecule has 13 heavy (non-hydrogen) atoms. The van der Waals surface area contributed by atoms with Crippen LogP contribution in [0.25, 0.3) is 0 Å². The second-order valence-corrected chi connectivity index (χ2v) is 3.79. The van der Waals surface area contributed by atoms with Gasteiger partial charge in [0.15, 0.2) is 6.17 Å². The maximum absolute atomic E-state index is 13.1. The van der Waals surface area contributed by atoms with Gasteiger partial charge in [-0.1, -0.05) is 26.0 Å². The van der Waals surface area contributed by atoms with Crippen molar-refractivity contribution in [2.24, 2.45) is 5.92 Å². The second kappa shape index (κ2) is 4.40. The minimum atomic E-state index is -1.37. The maximum Gasteiger partial charge on any atom is 0.255 e. The molecule has 1 atom stereocenters. The van der Waals surface area contributed by atoms with Gasteiger partial charge < -0.3 is 5.32 Å². The molecular weight excluding hydrogens is 169 g/mol. The van der Waals surface area contributed by atoms with E-state index in [9.17, 15) is 9.18 Å². The molecule has 1 unspecified atom stereocenters. The quantitative estimate of drug-likeness (QED) is 0.667. The van der Waals surface area contributed by atoms with Crippen LogP contribution in [0.2, 0.25) is 0 Å². The molecule has 0 aromatic carbocycles. The molecule has 0 radical (unpaired) electrons. The second-order valence-electron chi connectivity index (χ2n) is 3.79. The lowest BCUT2D eigenvalue weighted by Crippen LogP contribution is -2.40. The van der Waals surface area contributed by atoms with Crippen LogP contribution in [0.3, 0.4) is 0 Å². The van der Waals surface area contributed by atoms with Crippen LogP contribution in [-0.2, 0) is 4.79 Å². The van der Waals surface area contributed by atoms with Crippen molar-refractivity contribution in [3.05, 3.63) is 12.2 Å². The van der Waals surface area contributed by atoms with Crippen LogP contribution >= 0.6 is 0 Å². The largest absolute Gasteiger partial charge is 0.350 e. The van der Waals surface area contributed by atoms with Gasteiger partial charge in [0.2, 0.25) is 0 Å². The molecule has 74 valence electrons. The molecule has 0 saturated heterocycles. The molecule has 1 aliphatic carbocycles. The zero-order valence-corrected chi connectivity index (χ0v) is 8.09. The van der Waals surface area contributed by atoms with E-state index >= 15 is 0 Å². The van der Waals surface area contributed by atoms with E-state index in [4.69, 9.17) is 0 Å². The average Bonchev–Trinajstić information content (AvgIpc) is 2.55. The SMILES string of the molecule is CC(C)C(F)C(=O)NC1CC=CC1. The summed E-state index contributed by atoms with van der Waals surface area (Å²) in [5.74, 6) is -0.710. The fourth-order valence-electron chi connectivity index (χ4n) is 1.32. The molecule has 0 aliphatic heterocycles.